The van der Waals surface area contributed by atoms with Crippen molar-refractivity contribution in [3.8, 4) is 22.9 Å². The number of methoxy groups -OCH3 is 1. The number of rotatable bonds is 5. The van der Waals surface area contributed by atoms with Gasteiger partial charge < -0.3 is 19.9 Å². The first-order chi connectivity index (χ1) is 12.3. The van der Waals surface area contributed by atoms with E-state index in [1.165, 1.54) is 32.2 Å². The van der Waals surface area contributed by atoms with Crippen LogP contribution < -0.4 is 14.8 Å². The molecule has 1 aromatic heterocycles. The number of aromatic nitrogens is 1. The van der Waals surface area contributed by atoms with Crippen LogP contribution in [0.15, 0.2) is 18.2 Å². The average Bonchev–Trinajstić information content (AvgIpc) is 2.57. The predicted molar refractivity (Wildman–Crippen MR) is 89.0 cm³/mol. The number of alkyl halides is 1. The van der Waals surface area contributed by atoms with Crippen molar-refractivity contribution in [1.82, 2.24) is 4.98 Å². The fourth-order valence-electron chi connectivity index (χ4n) is 2.19. The van der Waals surface area contributed by atoms with Gasteiger partial charge in [0.1, 0.15) is 11.7 Å². The molecule has 7 nitrogen and oxygen atoms in total. The van der Waals surface area contributed by atoms with Crippen molar-refractivity contribution in [3.63, 3.8) is 0 Å². The molecule has 2 N–H and O–H groups in total. The van der Waals surface area contributed by atoms with Gasteiger partial charge in [0.25, 0.3) is 0 Å². The van der Waals surface area contributed by atoms with Crippen molar-refractivity contribution < 1.29 is 33.0 Å². The van der Waals surface area contributed by atoms with E-state index in [1.807, 2.05) is 0 Å². The van der Waals surface area contributed by atoms with Crippen LogP contribution in [-0.2, 0) is 11.5 Å². The summed E-state index contributed by atoms with van der Waals surface area (Å²) in [4.78, 5) is 26.0. The zero-order valence-corrected chi connectivity index (χ0v) is 14.4. The van der Waals surface area contributed by atoms with Crippen LogP contribution in [0.3, 0.4) is 0 Å². The molecule has 10 heteroatoms. The number of anilines is 1. The lowest BCUT2D eigenvalue weighted by Crippen LogP contribution is -2.10. The molecule has 0 saturated heterocycles. The zero-order chi connectivity index (χ0) is 19.4. The Balaban J connectivity index is 2.69. The summed E-state index contributed by atoms with van der Waals surface area (Å²) in [6.07, 6.45) is -1.70. The highest BCUT2D eigenvalue weighted by atomic mass is 35.5. The highest BCUT2D eigenvalue weighted by Gasteiger charge is 2.21. The van der Waals surface area contributed by atoms with E-state index in [0.717, 1.165) is 0 Å². The van der Waals surface area contributed by atoms with Gasteiger partial charge in [0.15, 0.2) is 11.6 Å². The van der Waals surface area contributed by atoms with Crippen molar-refractivity contribution in [3.05, 3.63) is 34.6 Å². The normalized spacial score (nSPS) is 10.3. The van der Waals surface area contributed by atoms with Gasteiger partial charge in [-0.05, 0) is 12.1 Å². The molecule has 0 radical (unpaired) electrons. The second-order valence-electron chi connectivity index (χ2n) is 4.98. The van der Waals surface area contributed by atoms with Crippen molar-refractivity contribution in [2.24, 2.45) is 0 Å². The Kier molecular flexibility index (Phi) is 5.93. The van der Waals surface area contributed by atoms with Crippen LogP contribution in [0.4, 0.5) is 19.3 Å². The first-order valence-corrected chi connectivity index (χ1v) is 7.46. The summed E-state index contributed by atoms with van der Waals surface area (Å²) >= 11 is 5.97. The largest absolute Gasteiger partial charge is 0.512 e. The molecule has 0 aliphatic heterocycles. The lowest BCUT2D eigenvalue weighted by Gasteiger charge is -2.14. The molecule has 0 spiro atoms. The zero-order valence-electron chi connectivity index (χ0n) is 13.6. The topological polar surface area (TPSA) is 97.8 Å². The molecule has 2 rings (SSSR count). The Bertz CT molecular complexity index is 839. The molecule has 1 amide bonds. The van der Waals surface area contributed by atoms with Crippen LogP contribution in [0.2, 0.25) is 5.02 Å². The van der Waals surface area contributed by atoms with Gasteiger partial charge in [-0.1, -0.05) is 17.7 Å². The molecule has 138 valence electrons. The number of nitrogens with one attached hydrogen (secondary N) is 1. The van der Waals surface area contributed by atoms with E-state index in [0.29, 0.717) is 0 Å². The van der Waals surface area contributed by atoms with Gasteiger partial charge in [-0.25, -0.2) is 18.6 Å². The van der Waals surface area contributed by atoms with Gasteiger partial charge in [0.2, 0.25) is 11.8 Å². The number of carboxylic acid groups (broad SMARTS) is 1. The van der Waals surface area contributed by atoms with Crippen molar-refractivity contribution in [2.75, 3.05) is 12.4 Å². The maximum absolute atomic E-state index is 14.7. The molecule has 0 aliphatic rings. The minimum Gasteiger partial charge on any atom is -0.493 e. The number of amides is 1. The molecule has 0 atom stereocenters. The first kappa shape index (κ1) is 19.4. The lowest BCUT2D eigenvalue weighted by molar-refractivity contribution is -0.114. The van der Waals surface area contributed by atoms with Crippen LogP contribution in [0.1, 0.15) is 12.5 Å². The minimum atomic E-state index is -1.70. The summed E-state index contributed by atoms with van der Waals surface area (Å²) in [5.41, 5.74) is -0.270. The van der Waals surface area contributed by atoms with Crippen LogP contribution >= 0.6 is 11.6 Å². The minimum absolute atomic E-state index is 0.00759. The van der Waals surface area contributed by atoms with E-state index >= 15 is 0 Å². The summed E-state index contributed by atoms with van der Waals surface area (Å²) in [5, 5.41) is 10.9. The smallest absolute Gasteiger partial charge is 0.493 e. The standard InChI is InChI=1S/C16H13ClF2N2O5/c1-7(22)20-11-5-10(21-15(12(11)17)26-16(23)24)9-4-3-8(6-18)14(25-2)13(9)19/h3-5H,6H2,1-2H3,(H,23,24)(H,20,21,22). The number of pyridine rings is 1. The Hall–Kier alpha value is -2.94. The summed E-state index contributed by atoms with van der Waals surface area (Å²) in [7, 11) is 1.18. The summed E-state index contributed by atoms with van der Waals surface area (Å²) < 4.78 is 37.0. The van der Waals surface area contributed by atoms with E-state index in [1.54, 1.807) is 0 Å². The third-order valence-electron chi connectivity index (χ3n) is 3.22. The molecule has 26 heavy (non-hydrogen) atoms. The van der Waals surface area contributed by atoms with E-state index in [2.05, 4.69) is 15.0 Å². The fraction of sp³-hybridized carbons (Fsp3) is 0.188. The number of carbonyl (C=O) groups excluding carboxylic acids is 1. The quantitative estimate of drug-likeness (QED) is 0.753. The molecule has 0 fully saturated rings. The van der Waals surface area contributed by atoms with Crippen LogP contribution in [-0.4, -0.2) is 29.3 Å². The van der Waals surface area contributed by atoms with Gasteiger partial charge in [-0.3, -0.25) is 4.79 Å². The number of hydrogen-bond donors (Lipinski definition) is 2. The third kappa shape index (κ3) is 3.99. The van der Waals surface area contributed by atoms with E-state index in [9.17, 15) is 18.4 Å². The van der Waals surface area contributed by atoms with Gasteiger partial charge in [-0.15, -0.1) is 0 Å². The average molecular weight is 387 g/mol. The molecule has 0 aliphatic carbocycles. The fourth-order valence-corrected chi connectivity index (χ4v) is 2.38. The summed E-state index contributed by atoms with van der Waals surface area (Å²) in [6.45, 7) is 0.257. The molecule has 0 saturated carbocycles. The summed E-state index contributed by atoms with van der Waals surface area (Å²) in [6, 6.07) is 3.76. The molecule has 0 unspecified atom stereocenters. The van der Waals surface area contributed by atoms with Crippen molar-refractivity contribution >= 4 is 29.4 Å². The summed E-state index contributed by atoms with van der Waals surface area (Å²) in [5.74, 6) is -2.28. The van der Waals surface area contributed by atoms with E-state index in [4.69, 9.17) is 21.4 Å². The number of halogens is 3. The van der Waals surface area contributed by atoms with Gasteiger partial charge >= 0.3 is 6.16 Å². The first-order valence-electron chi connectivity index (χ1n) is 7.09. The van der Waals surface area contributed by atoms with E-state index in [-0.39, 0.29) is 33.3 Å². The molecule has 0 bridgehead atoms. The number of nitrogens with zero attached hydrogens (tertiary/aromatic N) is 1. The highest BCUT2D eigenvalue weighted by Crippen LogP contribution is 2.38. The van der Waals surface area contributed by atoms with Crippen LogP contribution in [0.5, 0.6) is 11.6 Å². The maximum Gasteiger partial charge on any atom is 0.512 e. The Morgan fingerprint density at radius 1 is 1.38 bits per heavy atom. The second kappa shape index (κ2) is 7.96. The Morgan fingerprint density at radius 2 is 2.08 bits per heavy atom. The Morgan fingerprint density at radius 3 is 2.62 bits per heavy atom. The second-order valence-corrected chi connectivity index (χ2v) is 5.35. The van der Waals surface area contributed by atoms with Gasteiger partial charge in [0.05, 0.1) is 18.5 Å². The predicted octanol–water partition coefficient (Wildman–Crippen LogP) is 4.03. The van der Waals surface area contributed by atoms with E-state index < -0.39 is 30.4 Å². The molecule has 2 aromatic rings. The molecular formula is C16H13ClF2N2O5. The number of benzene rings is 1. The Labute approximate surface area is 151 Å². The van der Waals surface area contributed by atoms with Crippen LogP contribution in [0, 0.1) is 5.82 Å². The van der Waals surface area contributed by atoms with Crippen LogP contribution in [0.25, 0.3) is 11.3 Å². The van der Waals surface area contributed by atoms with Gasteiger partial charge in [-0.2, -0.15) is 0 Å². The third-order valence-corrected chi connectivity index (χ3v) is 3.59. The van der Waals surface area contributed by atoms with Gasteiger partial charge in [0, 0.05) is 18.1 Å². The number of ether oxygens (including phenoxy) is 2. The lowest BCUT2D eigenvalue weighted by atomic mass is 10.1. The number of hydrogen-bond acceptors (Lipinski definition) is 5. The monoisotopic (exact) mass is 386 g/mol. The number of carbonyl (C=O) groups is 2. The molecule has 1 heterocycles. The SMILES string of the molecule is COc1c(CF)ccc(-c2cc(NC(C)=O)c(Cl)c(OC(=O)O)n2)c1F. The van der Waals surface area contributed by atoms with Crippen molar-refractivity contribution in [1.29, 1.82) is 0 Å². The maximum atomic E-state index is 14.7. The highest BCUT2D eigenvalue weighted by molar-refractivity contribution is 6.35. The molecular weight excluding hydrogens is 374 g/mol. The van der Waals surface area contributed by atoms with Crippen molar-refractivity contribution in [2.45, 2.75) is 13.6 Å². The molecule has 1 aromatic carbocycles.